The Morgan fingerprint density at radius 3 is 2.13 bits per heavy atom. The number of aliphatic hydroxyl groups excluding tert-OH is 1. The van der Waals surface area contributed by atoms with Crippen LogP contribution in [0.15, 0.2) is 60.7 Å². The Morgan fingerprint density at radius 2 is 1.50 bits per heavy atom. The maximum absolute atomic E-state index is 14.0. The number of amides is 1. The van der Waals surface area contributed by atoms with Gasteiger partial charge in [-0.15, -0.1) is 37.2 Å². The quantitative estimate of drug-likeness (QED) is 0.153. The molecule has 0 bridgehead atoms. The molecule has 3 N–H and O–H groups in total. The first-order valence-corrected chi connectivity index (χ1v) is 15.3. The third-order valence-electron chi connectivity index (χ3n) is 7.79. The Kier molecular flexibility index (Phi) is 21.2. The highest BCUT2D eigenvalue weighted by Crippen LogP contribution is 2.15. The summed E-state index contributed by atoms with van der Waals surface area (Å²) in [4.78, 5) is 18.1. The summed E-state index contributed by atoms with van der Waals surface area (Å²) in [6.45, 7) is 13.7. The van der Waals surface area contributed by atoms with Crippen molar-refractivity contribution in [1.82, 2.24) is 20.4 Å². The van der Waals surface area contributed by atoms with Crippen LogP contribution in [0.25, 0.3) is 0 Å². The number of nitrogens with zero attached hydrogens (tertiary/aromatic N) is 2. The summed E-state index contributed by atoms with van der Waals surface area (Å²) in [5.41, 5.74) is 5.14. The monoisotopic (exact) mass is 702 g/mol. The smallest absolute Gasteiger partial charge is 0.251 e. The van der Waals surface area contributed by atoms with Crippen LogP contribution >= 0.6 is 37.2 Å². The highest BCUT2D eigenvalue weighted by atomic mass is 35.5. The Labute approximate surface area is 292 Å². The topological polar surface area (TPSA) is 67.8 Å². The van der Waals surface area contributed by atoms with Gasteiger partial charge in [-0.2, -0.15) is 0 Å². The van der Waals surface area contributed by atoms with Crippen LogP contribution < -0.4 is 10.6 Å². The van der Waals surface area contributed by atoms with Gasteiger partial charge in [-0.05, 0) is 86.4 Å². The molecule has 1 amide bonds. The number of hydrogen-bond acceptors (Lipinski definition) is 5. The van der Waals surface area contributed by atoms with E-state index in [1.165, 1.54) is 17.7 Å². The van der Waals surface area contributed by atoms with Crippen molar-refractivity contribution >= 4 is 43.1 Å². The van der Waals surface area contributed by atoms with Gasteiger partial charge in [0.1, 0.15) is 11.6 Å². The fourth-order valence-corrected chi connectivity index (χ4v) is 5.31. The molecule has 0 saturated heterocycles. The minimum atomic E-state index is -1.000. The predicted octanol–water partition coefficient (Wildman–Crippen LogP) is 6.37. The van der Waals surface area contributed by atoms with Crippen LogP contribution in [0.5, 0.6) is 0 Å². The van der Waals surface area contributed by atoms with E-state index in [1.54, 1.807) is 0 Å². The summed E-state index contributed by atoms with van der Waals surface area (Å²) in [7, 11) is 2.07. The first-order chi connectivity index (χ1) is 20.6. The van der Waals surface area contributed by atoms with Crippen molar-refractivity contribution in [3.05, 3.63) is 106 Å². The SMILES string of the molecule is CCc1cccc(CNC[C@@H](O)[C@H](Cc2cc(F)cc(F)c2)NC(=O)c2cc(C)cc(CN(C)CCN(CC)CC)c2)c1.Cl.Cl.Cl. The molecule has 3 rings (SSSR count). The zero-order chi connectivity index (χ0) is 31.4. The zero-order valence-electron chi connectivity index (χ0n) is 27.5. The van der Waals surface area contributed by atoms with Crippen LogP contribution in [-0.4, -0.2) is 72.7 Å². The molecule has 6 nitrogen and oxygen atoms in total. The predicted molar refractivity (Wildman–Crippen MR) is 192 cm³/mol. The number of benzene rings is 3. The number of rotatable bonds is 17. The molecule has 3 aromatic carbocycles. The summed E-state index contributed by atoms with van der Waals surface area (Å²) in [5.74, 6) is -1.74. The molecule has 0 aromatic heterocycles. The zero-order valence-corrected chi connectivity index (χ0v) is 30.0. The van der Waals surface area contributed by atoms with E-state index >= 15 is 0 Å². The highest BCUT2D eigenvalue weighted by Gasteiger charge is 2.23. The van der Waals surface area contributed by atoms with Crippen LogP contribution in [0.3, 0.4) is 0 Å². The van der Waals surface area contributed by atoms with Crippen LogP contribution in [0.2, 0.25) is 0 Å². The van der Waals surface area contributed by atoms with Gasteiger partial charge in [0, 0.05) is 44.4 Å². The molecular formula is C35H51Cl3F2N4O2. The summed E-state index contributed by atoms with van der Waals surface area (Å²) in [6, 6.07) is 16.5. The highest BCUT2D eigenvalue weighted by molar-refractivity contribution is 5.94. The van der Waals surface area contributed by atoms with Gasteiger partial charge in [0.25, 0.3) is 5.91 Å². The molecule has 258 valence electrons. The van der Waals surface area contributed by atoms with Gasteiger partial charge in [0.2, 0.25) is 0 Å². The van der Waals surface area contributed by atoms with Gasteiger partial charge in [-0.1, -0.05) is 56.7 Å². The van der Waals surface area contributed by atoms with E-state index in [4.69, 9.17) is 0 Å². The molecule has 0 fully saturated rings. The number of aryl methyl sites for hydroxylation is 2. The van der Waals surface area contributed by atoms with Gasteiger partial charge in [-0.25, -0.2) is 8.78 Å². The number of halogens is 5. The number of carbonyl (C=O) groups excluding carboxylic acids is 1. The average molecular weight is 704 g/mol. The Hall–Kier alpha value is -2.30. The van der Waals surface area contributed by atoms with Crippen LogP contribution in [-0.2, 0) is 25.9 Å². The van der Waals surface area contributed by atoms with Crippen LogP contribution in [0, 0.1) is 18.6 Å². The van der Waals surface area contributed by atoms with Crippen molar-refractivity contribution < 1.29 is 18.7 Å². The standard InChI is InChI=1S/C35H48F2N4O2.3ClH/c1-6-26-10-9-11-27(16-26)22-38-23-34(42)33(20-28-18-31(36)21-32(37)19-28)39-35(43)30-15-25(4)14-29(17-30)24-40(5)12-13-41(7-2)8-3;;;/h9-11,14-19,21,33-34,38,42H,6-8,12-13,20,22-24H2,1-5H3,(H,39,43);3*1H/t33-,34+;;;/m0.../s1. The minimum absolute atomic E-state index is 0. The van der Waals surface area contributed by atoms with Crippen LogP contribution in [0.1, 0.15) is 58.9 Å². The molecule has 0 aliphatic heterocycles. The Bertz CT molecular complexity index is 1310. The van der Waals surface area contributed by atoms with E-state index in [0.29, 0.717) is 24.2 Å². The molecule has 0 unspecified atom stereocenters. The fourth-order valence-electron chi connectivity index (χ4n) is 5.31. The number of aliphatic hydroxyl groups is 1. The van der Waals surface area contributed by atoms with E-state index in [9.17, 15) is 18.7 Å². The van der Waals surface area contributed by atoms with Gasteiger partial charge in [0.15, 0.2) is 0 Å². The molecule has 0 heterocycles. The van der Waals surface area contributed by atoms with E-state index in [-0.39, 0.29) is 56.1 Å². The second kappa shape index (κ2) is 22.3. The summed E-state index contributed by atoms with van der Waals surface area (Å²) in [6.07, 6.45) is 0.00349. The molecule has 2 atom stereocenters. The fraction of sp³-hybridized carbons (Fsp3) is 0.457. The maximum atomic E-state index is 14.0. The summed E-state index contributed by atoms with van der Waals surface area (Å²) >= 11 is 0. The van der Waals surface area contributed by atoms with Gasteiger partial charge >= 0.3 is 0 Å². The van der Waals surface area contributed by atoms with Gasteiger partial charge < -0.3 is 25.5 Å². The Balaban J connectivity index is 0.00000675. The summed E-state index contributed by atoms with van der Waals surface area (Å²) < 4.78 is 28.0. The normalized spacial score (nSPS) is 12.1. The van der Waals surface area contributed by atoms with Crippen molar-refractivity contribution in [3.63, 3.8) is 0 Å². The van der Waals surface area contributed by atoms with Crippen molar-refractivity contribution in [3.8, 4) is 0 Å². The molecule has 0 aliphatic carbocycles. The third-order valence-corrected chi connectivity index (χ3v) is 7.79. The first kappa shape index (κ1) is 43.7. The van der Waals surface area contributed by atoms with Crippen molar-refractivity contribution in [1.29, 1.82) is 0 Å². The molecule has 3 aromatic rings. The lowest BCUT2D eigenvalue weighted by Crippen LogP contribution is -2.48. The first-order valence-electron chi connectivity index (χ1n) is 15.3. The van der Waals surface area contributed by atoms with E-state index in [0.717, 1.165) is 55.4 Å². The van der Waals surface area contributed by atoms with Crippen molar-refractivity contribution in [2.45, 2.75) is 65.8 Å². The van der Waals surface area contributed by atoms with E-state index in [1.807, 2.05) is 31.2 Å². The number of hydrogen-bond donors (Lipinski definition) is 3. The van der Waals surface area contributed by atoms with E-state index < -0.39 is 23.8 Å². The lowest BCUT2D eigenvalue weighted by molar-refractivity contribution is 0.0829. The second-order valence-electron chi connectivity index (χ2n) is 11.4. The average Bonchev–Trinajstić information content (AvgIpc) is 2.96. The molecule has 0 saturated carbocycles. The number of nitrogens with one attached hydrogen (secondary N) is 2. The Morgan fingerprint density at radius 1 is 0.848 bits per heavy atom. The molecule has 0 spiro atoms. The van der Waals surface area contributed by atoms with Crippen molar-refractivity contribution in [2.75, 3.05) is 39.8 Å². The van der Waals surface area contributed by atoms with Gasteiger partial charge in [-0.3, -0.25) is 4.79 Å². The molecule has 0 radical (unpaired) electrons. The summed E-state index contributed by atoms with van der Waals surface area (Å²) in [5, 5.41) is 17.4. The van der Waals surface area contributed by atoms with Crippen LogP contribution in [0.4, 0.5) is 8.78 Å². The van der Waals surface area contributed by atoms with Gasteiger partial charge in [0.05, 0.1) is 12.1 Å². The number of carbonyl (C=O) groups is 1. The molecule has 0 aliphatic rings. The number of likely N-dealkylation sites (N-methyl/N-ethyl adjacent to an activating group) is 2. The largest absolute Gasteiger partial charge is 0.390 e. The third kappa shape index (κ3) is 14.6. The lowest BCUT2D eigenvalue weighted by atomic mass is 9.99. The maximum Gasteiger partial charge on any atom is 0.251 e. The van der Waals surface area contributed by atoms with Crippen molar-refractivity contribution in [2.24, 2.45) is 0 Å². The molecule has 11 heteroatoms. The molecule has 46 heavy (non-hydrogen) atoms. The second-order valence-corrected chi connectivity index (χ2v) is 11.4. The minimum Gasteiger partial charge on any atom is -0.390 e. The molecular weight excluding hydrogens is 653 g/mol. The lowest BCUT2D eigenvalue weighted by Gasteiger charge is -2.25. The van der Waals surface area contributed by atoms with E-state index in [2.05, 4.69) is 66.5 Å².